The highest BCUT2D eigenvalue weighted by atomic mass is 16.1. The first-order chi connectivity index (χ1) is 8.29. The summed E-state index contributed by atoms with van der Waals surface area (Å²) in [4.78, 5) is 15.4. The fourth-order valence-corrected chi connectivity index (χ4v) is 1.50. The van der Waals surface area contributed by atoms with Crippen molar-refractivity contribution < 1.29 is 4.79 Å². The van der Waals surface area contributed by atoms with Gasteiger partial charge in [-0.2, -0.15) is 0 Å². The molecule has 2 rings (SSSR count). The van der Waals surface area contributed by atoms with Gasteiger partial charge in [-0.1, -0.05) is 18.2 Å². The van der Waals surface area contributed by atoms with Crippen LogP contribution in [-0.2, 0) is 4.79 Å². The number of anilines is 1. The first-order valence-electron chi connectivity index (χ1n) is 5.31. The first kappa shape index (κ1) is 11.3. The quantitative estimate of drug-likeness (QED) is 0.837. The Morgan fingerprint density at radius 3 is 2.82 bits per heavy atom. The fourth-order valence-electron chi connectivity index (χ4n) is 1.50. The monoisotopic (exact) mass is 227 g/mol. The molecule has 0 radical (unpaired) electrons. The van der Waals surface area contributed by atoms with Gasteiger partial charge in [0.15, 0.2) is 0 Å². The van der Waals surface area contributed by atoms with Gasteiger partial charge in [0.2, 0.25) is 5.91 Å². The average molecular weight is 227 g/mol. The molecular formula is C13H13N3O. The van der Waals surface area contributed by atoms with Gasteiger partial charge in [0.25, 0.3) is 0 Å². The predicted molar refractivity (Wildman–Crippen MR) is 67.4 cm³/mol. The fraction of sp³-hybridized carbons (Fsp3) is 0.0769. The number of hydrogen-bond donors (Lipinski definition) is 2. The standard InChI is InChI=1S/C13H13N3O/c14-9-13(17)16-11-5-3-4-10(8-11)12-6-1-2-7-15-12/h1-8H,9,14H2,(H,16,17). The third-order valence-corrected chi connectivity index (χ3v) is 2.29. The third-order valence-electron chi connectivity index (χ3n) is 2.29. The van der Waals surface area contributed by atoms with E-state index in [1.54, 1.807) is 6.20 Å². The lowest BCUT2D eigenvalue weighted by Crippen LogP contribution is -2.21. The Bertz CT molecular complexity index is 511. The second kappa shape index (κ2) is 5.23. The molecule has 1 heterocycles. The molecule has 1 aromatic heterocycles. The molecule has 0 aliphatic rings. The zero-order valence-electron chi connectivity index (χ0n) is 9.26. The largest absolute Gasteiger partial charge is 0.325 e. The number of nitrogens with zero attached hydrogens (tertiary/aromatic N) is 1. The smallest absolute Gasteiger partial charge is 0.238 e. The van der Waals surface area contributed by atoms with E-state index in [1.807, 2.05) is 42.5 Å². The number of rotatable bonds is 3. The van der Waals surface area contributed by atoms with E-state index in [0.717, 1.165) is 16.9 Å². The minimum absolute atomic E-state index is 0.0200. The predicted octanol–water partition coefficient (Wildman–Crippen LogP) is 1.65. The zero-order chi connectivity index (χ0) is 12.1. The second-order valence-electron chi connectivity index (χ2n) is 3.55. The molecular weight excluding hydrogens is 214 g/mol. The van der Waals surface area contributed by atoms with E-state index >= 15 is 0 Å². The number of amides is 1. The van der Waals surface area contributed by atoms with E-state index in [2.05, 4.69) is 10.3 Å². The van der Waals surface area contributed by atoms with Crippen molar-refractivity contribution in [2.24, 2.45) is 5.73 Å². The summed E-state index contributed by atoms with van der Waals surface area (Å²) in [5, 5.41) is 2.71. The van der Waals surface area contributed by atoms with Crippen molar-refractivity contribution >= 4 is 11.6 Å². The normalized spacial score (nSPS) is 9.94. The zero-order valence-corrected chi connectivity index (χ0v) is 9.26. The van der Waals surface area contributed by atoms with E-state index in [4.69, 9.17) is 5.73 Å². The van der Waals surface area contributed by atoms with E-state index in [-0.39, 0.29) is 12.5 Å². The first-order valence-corrected chi connectivity index (χ1v) is 5.31. The van der Waals surface area contributed by atoms with Gasteiger partial charge in [0, 0.05) is 17.4 Å². The Morgan fingerprint density at radius 2 is 2.12 bits per heavy atom. The topological polar surface area (TPSA) is 68.0 Å². The van der Waals surface area contributed by atoms with Crippen LogP contribution >= 0.6 is 0 Å². The lowest BCUT2D eigenvalue weighted by Gasteiger charge is -2.06. The van der Waals surface area contributed by atoms with Gasteiger partial charge in [0.1, 0.15) is 0 Å². The van der Waals surface area contributed by atoms with Crippen LogP contribution < -0.4 is 11.1 Å². The SMILES string of the molecule is NCC(=O)Nc1cccc(-c2ccccn2)c1. The van der Waals surface area contributed by atoms with Crippen molar-refractivity contribution in [3.8, 4) is 11.3 Å². The molecule has 4 heteroatoms. The van der Waals surface area contributed by atoms with Gasteiger partial charge < -0.3 is 11.1 Å². The molecule has 0 saturated carbocycles. The molecule has 0 aliphatic carbocycles. The summed E-state index contributed by atoms with van der Waals surface area (Å²) in [6.45, 7) is -0.0200. The maximum Gasteiger partial charge on any atom is 0.238 e. The molecule has 1 amide bonds. The maximum absolute atomic E-state index is 11.2. The van der Waals surface area contributed by atoms with Gasteiger partial charge in [-0.3, -0.25) is 9.78 Å². The molecule has 0 fully saturated rings. The van der Waals surface area contributed by atoms with Crippen LogP contribution in [0.4, 0.5) is 5.69 Å². The van der Waals surface area contributed by atoms with Crippen LogP contribution in [0.1, 0.15) is 0 Å². The highest BCUT2D eigenvalue weighted by molar-refractivity contribution is 5.92. The Hall–Kier alpha value is -2.20. The molecule has 0 saturated heterocycles. The van der Waals surface area contributed by atoms with Gasteiger partial charge >= 0.3 is 0 Å². The van der Waals surface area contributed by atoms with Crippen molar-refractivity contribution in [2.45, 2.75) is 0 Å². The van der Waals surface area contributed by atoms with Crippen LogP contribution in [0.2, 0.25) is 0 Å². The molecule has 17 heavy (non-hydrogen) atoms. The molecule has 4 nitrogen and oxygen atoms in total. The maximum atomic E-state index is 11.2. The number of carbonyl (C=O) groups excluding carboxylic acids is 1. The van der Waals surface area contributed by atoms with E-state index in [1.165, 1.54) is 0 Å². The Kier molecular flexibility index (Phi) is 3.47. The van der Waals surface area contributed by atoms with Gasteiger partial charge in [-0.15, -0.1) is 0 Å². The van der Waals surface area contributed by atoms with E-state index in [0.29, 0.717) is 0 Å². The van der Waals surface area contributed by atoms with Crippen LogP contribution in [0.3, 0.4) is 0 Å². The molecule has 2 aromatic rings. The molecule has 86 valence electrons. The summed E-state index contributed by atoms with van der Waals surface area (Å²) in [5.74, 6) is -0.205. The third kappa shape index (κ3) is 2.89. The highest BCUT2D eigenvalue weighted by Gasteiger charge is 2.02. The molecule has 0 aliphatic heterocycles. The number of nitrogens with two attached hydrogens (primary N) is 1. The summed E-state index contributed by atoms with van der Waals surface area (Å²) < 4.78 is 0. The molecule has 0 unspecified atom stereocenters. The molecule has 0 spiro atoms. The minimum Gasteiger partial charge on any atom is -0.325 e. The summed E-state index contributed by atoms with van der Waals surface area (Å²) in [5.41, 5.74) is 7.80. The van der Waals surface area contributed by atoms with Crippen molar-refractivity contribution in [1.82, 2.24) is 4.98 Å². The summed E-state index contributed by atoms with van der Waals surface area (Å²) in [6, 6.07) is 13.2. The highest BCUT2D eigenvalue weighted by Crippen LogP contribution is 2.20. The number of hydrogen-bond acceptors (Lipinski definition) is 3. The lowest BCUT2D eigenvalue weighted by atomic mass is 10.1. The van der Waals surface area contributed by atoms with Gasteiger partial charge in [-0.25, -0.2) is 0 Å². The van der Waals surface area contributed by atoms with Crippen molar-refractivity contribution in [3.63, 3.8) is 0 Å². The van der Waals surface area contributed by atoms with Crippen LogP contribution in [0, 0.1) is 0 Å². The number of nitrogens with one attached hydrogen (secondary N) is 1. The van der Waals surface area contributed by atoms with Crippen LogP contribution in [-0.4, -0.2) is 17.4 Å². The number of pyridine rings is 1. The second-order valence-corrected chi connectivity index (χ2v) is 3.55. The molecule has 0 atom stereocenters. The average Bonchev–Trinajstić information content (AvgIpc) is 2.40. The van der Waals surface area contributed by atoms with Gasteiger partial charge in [-0.05, 0) is 24.3 Å². The lowest BCUT2D eigenvalue weighted by molar-refractivity contribution is -0.114. The molecule has 0 bridgehead atoms. The Labute approximate surface area is 99.5 Å². The van der Waals surface area contributed by atoms with Crippen molar-refractivity contribution in [3.05, 3.63) is 48.7 Å². The molecule has 3 N–H and O–H groups in total. The van der Waals surface area contributed by atoms with Crippen molar-refractivity contribution in [1.29, 1.82) is 0 Å². The van der Waals surface area contributed by atoms with E-state index < -0.39 is 0 Å². The van der Waals surface area contributed by atoms with E-state index in [9.17, 15) is 4.79 Å². The number of benzene rings is 1. The van der Waals surface area contributed by atoms with Crippen molar-refractivity contribution in [2.75, 3.05) is 11.9 Å². The van der Waals surface area contributed by atoms with Crippen LogP contribution in [0.5, 0.6) is 0 Å². The summed E-state index contributed by atoms with van der Waals surface area (Å²) in [6.07, 6.45) is 1.74. The Morgan fingerprint density at radius 1 is 1.24 bits per heavy atom. The Balaban J connectivity index is 2.26. The number of aromatic nitrogens is 1. The summed E-state index contributed by atoms with van der Waals surface area (Å²) >= 11 is 0. The van der Waals surface area contributed by atoms with Crippen LogP contribution in [0.25, 0.3) is 11.3 Å². The summed E-state index contributed by atoms with van der Waals surface area (Å²) in [7, 11) is 0. The minimum atomic E-state index is -0.205. The molecule has 1 aromatic carbocycles. The number of carbonyl (C=O) groups is 1. The van der Waals surface area contributed by atoms with Gasteiger partial charge in [0.05, 0.1) is 12.2 Å². The van der Waals surface area contributed by atoms with Crippen LogP contribution in [0.15, 0.2) is 48.7 Å².